The Labute approximate surface area is 91.5 Å². The van der Waals surface area contributed by atoms with Crippen LogP contribution in [0.5, 0.6) is 0 Å². The van der Waals surface area contributed by atoms with E-state index < -0.39 is 0 Å². The molecule has 0 rings (SSSR count). The summed E-state index contributed by atoms with van der Waals surface area (Å²) in [5.74, 6) is 0.0223. The molecule has 0 fully saturated rings. The number of unbranched alkanes of at least 4 members (excludes halogenated alkanes) is 1. The van der Waals surface area contributed by atoms with E-state index in [0.29, 0.717) is 13.1 Å². The van der Waals surface area contributed by atoms with E-state index in [2.05, 4.69) is 12.2 Å². The minimum atomic E-state index is -0.125. The monoisotopic (exact) mass is 214 g/mol. The fraction of sp³-hybridized carbons (Fsp3) is 0.800. The summed E-state index contributed by atoms with van der Waals surface area (Å²) in [6.07, 6.45) is 2.90. The second-order valence-corrected chi connectivity index (χ2v) is 3.53. The van der Waals surface area contributed by atoms with Gasteiger partial charge in [-0.2, -0.15) is 0 Å². The lowest BCUT2D eigenvalue weighted by Crippen LogP contribution is -2.44. The van der Waals surface area contributed by atoms with Crippen molar-refractivity contribution < 1.29 is 4.79 Å². The Bertz CT molecular complexity index is 206. The molecule has 0 aliphatic carbocycles. The Morgan fingerprint density at radius 1 is 1.40 bits per heavy atom. The van der Waals surface area contributed by atoms with E-state index in [-0.39, 0.29) is 18.4 Å². The van der Waals surface area contributed by atoms with Gasteiger partial charge in [-0.1, -0.05) is 20.3 Å². The van der Waals surface area contributed by atoms with Crippen molar-refractivity contribution in [2.75, 3.05) is 19.6 Å². The molecular weight excluding hydrogens is 192 g/mol. The summed E-state index contributed by atoms with van der Waals surface area (Å²) in [6, 6.07) is -0.125. The lowest BCUT2D eigenvalue weighted by Gasteiger charge is -2.21. The van der Waals surface area contributed by atoms with Crippen LogP contribution in [0.1, 0.15) is 33.1 Å². The van der Waals surface area contributed by atoms with Crippen LogP contribution in [0.2, 0.25) is 0 Å². The molecule has 0 saturated carbocycles. The van der Waals surface area contributed by atoms with Crippen molar-refractivity contribution >= 4 is 11.9 Å². The van der Waals surface area contributed by atoms with Crippen LogP contribution in [-0.2, 0) is 0 Å². The molecule has 0 aromatic rings. The molecule has 2 amide bonds. The number of hydrogen-bond acceptors (Lipinski definition) is 2. The van der Waals surface area contributed by atoms with Gasteiger partial charge in [-0.05, 0) is 12.8 Å². The zero-order valence-corrected chi connectivity index (χ0v) is 9.68. The van der Waals surface area contributed by atoms with Crippen LogP contribution in [-0.4, -0.2) is 36.4 Å². The molecule has 4 N–H and O–H groups in total. The first-order valence-electron chi connectivity index (χ1n) is 5.47. The molecule has 0 unspecified atom stereocenters. The SMILES string of the molecule is CCCCNC(=O)N(CCC)CC(=N)N. The molecule has 0 aromatic heterocycles. The molecule has 0 aromatic carbocycles. The van der Waals surface area contributed by atoms with E-state index >= 15 is 0 Å². The second kappa shape index (κ2) is 8.08. The average molecular weight is 214 g/mol. The van der Waals surface area contributed by atoms with Crippen LogP contribution < -0.4 is 11.1 Å². The third kappa shape index (κ3) is 6.76. The first-order valence-corrected chi connectivity index (χ1v) is 5.47. The quantitative estimate of drug-likeness (QED) is 0.337. The van der Waals surface area contributed by atoms with E-state index in [1.54, 1.807) is 4.90 Å². The minimum absolute atomic E-state index is 0.0223. The van der Waals surface area contributed by atoms with Crippen LogP contribution in [0.15, 0.2) is 0 Å². The van der Waals surface area contributed by atoms with Gasteiger partial charge in [0.05, 0.1) is 6.54 Å². The van der Waals surface area contributed by atoms with Crippen molar-refractivity contribution in [3.8, 4) is 0 Å². The van der Waals surface area contributed by atoms with Gasteiger partial charge < -0.3 is 16.0 Å². The van der Waals surface area contributed by atoms with Crippen LogP contribution in [0.25, 0.3) is 0 Å². The molecular formula is C10H22N4O. The predicted molar refractivity (Wildman–Crippen MR) is 62.1 cm³/mol. The van der Waals surface area contributed by atoms with Gasteiger partial charge >= 0.3 is 6.03 Å². The Kier molecular flexibility index (Phi) is 7.40. The molecule has 0 heterocycles. The number of urea groups is 1. The van der Waals surface area contributed by atoms with Gasteiger partial charge in [0.25, 0.3) is 0 Å². The molecule has 0 radical (unpaired) electrons. The van der Waals surface area contributed by atoms with Crippen LogP contribution >= 0.6 is 0 Å². The summed E-state index contributed by atoms with van der Waals surface area (Å²) in [7, 11) is 0. The largest absolute Gasteiger partial charge is 0.386 e. The standard InChI is InChI=1S/C10H22N4O/c1-3-5-6-13-10(15)14(7-4-2)8-9(11)12/h3-8H2,1-2H3,(H3,11,12)(H,13,15). The second-order valence-electron chi connectivity index (χ2n) is 3.53. The molecule has 0 atom stereocenters. The molecule has 5 nitrogen and oxygen atoms in total. The van der Waals surface area contributed by atoms with Crippen molar-refractivity contribution in [2.45, 2.75) is 33.1 Å². The number of amides is 2. The lowest BCUT2D eigenvalue weighted by atomic mass is 10.3. The van der Waals surface area contributed by atoms with E-state index in [1.807, 2.05) is 6.92 Å². The zero-order chi connectivity index (χ0) is 11.7. The van der Waals surface area contributed by atoms with Crippen molar-refractivity contribution in [2.24, 2.45) is 5.73 Å². The highest BCUT2D eigenvalue weighted by Crippen LogP contribution is 1.93. The van der Waals surface area contributed by atoms with E-state index in [0.717, 1.165) is 19.3 Å². The Balaban J connectivity index is 3.98. The third-order valence-electron chi connectivity index (χ3n) is 1.95. The van der Waals surface area contributed by atoms with E-state index in [1.165, 1.54) is 0 Å². The minimum Gasteiger partial charge on any atom is -0.386 e. The zero-order valence-electron chi connectivity index (χ0n) is 9.68. The van der Waals surface area contributed by atoms with Crippen molar-refractivity contribution in [3.05, 3.63) is 0 Å². The van der Waals surface area contributed by atoms with Crippen LogP contribution in [0, 0.1) is 5.41 Å². The van der Waals surface area contributed by atoms with Crippen LogP contribution in [0.4, 0.5) is 4.79 Å². The summed E-state index contributed by atoms with van der Waals surface area (Å²) >= 11 is 0. The number of hydrogen-bond donors (Lipinski definition) is 3. The fourth-order valence-corrected chi connectivity index (χ4v) is 1.21. The number of nitrogens with one attached hydrogen (secondary N) is 2. The Morgan fingerprint density at radius 3 is 2.53 bits per heavy atom. The van der Waals surface area contributed by atoms with E-state index in [9.17, 15) is 4.79 Å². The van der Waals surface area contributed by atoms with Crippen LogP contribution in [0.3, 0.4) is 0 Å². The lowest BCUT2D eigenvalue weighted by molar-refractivity contribution is 0.204. The summed E-state index contributed by atoms with van der Waals surface area (Å²) < 4.78 is 0. The average Bonchev–Trinajstić information content (AvgIpc) is 2.17. The van der Waals surface area contributed by atoms with Gasteiger partial charge in [0.15, 0.2) is 0 Å². The number of carbonyl (C=O) groups is 1. The Morgan fingerprint density at radius 2 is 2.07 bits per heavy atom. The van der Waals surface area contributed by atoms with Crippen molar-refractivity contribution in [1.29, 1.82) is 5.41 Å². The maximum atomic E-state index is 11.6. The van der Waals surface area contributed by atoms with Gasteiger partial charge in [0.1, 0.15) is 5.84 Å². The maximum absolute atomic E-state index is 11.6. The van der Waals surface area contributed by atoms with Gasteiger partial charge in [0.2, 0.25) is 0 Å². The summed E-state index contributed by atoms with van der Waals surface area (Å²) in [6.45, 7) is 5.61. The van der Waals surface area contributed by atoms with Crippen molar-refractivity contribution in [1.82, 2.24) is 10.2 Å². The summed E-state index contributed by atoms with van der Waals surface area (Å²) in [5.41, 5.74) is 5.28. The molecule has 0 aliphatic heterocycles. The maximum Gasteiger partial charge on any atom is 0.317 e. The first kappa shape index (κ1) is 13.7. The van der Waals surface area contributed by atoms with Crippen molar-refractivity contribution in [3.63, 3.8) is 0 Å². The number of nitrogens with zero attached hydrogens (tertiary/aromatic N) is 1. The molecule has 0 spiro atoms. The molecule has 5 heteroatoms. The summed E-state index contributed by atoms with van der Waals surface area (Å²) in [5, 5.41) is 9.97. The third-order valence-corrected chi connectivity index (χ3v) is 1.95. The van der Waals surface area contributed by atoms with Gasteiger partial charge in [-0.25, -0.2) is 4.79 Å². The molecule has 0 aliphatic rings. The molecule has 15 heavy (non-hydrogen) atoms. The highest BCUT2D eigenvalue weighted by Gasteiger charge is 2.12. The highest BCUT2D eigenvalue weighted by atomic mass is 16.2. The Hall–Kier alpha value is -1.26. The normalized spacial score (nSPS) is 9.73. The molecule has 0 saturated heterocycles. The molecule has 0 bridgehead atoms. The van der Waals surface area contributed by atoms with E-state index in [4.69, 9.17) is 11.1 Å². The fourth-order valence-electron chi connectivity index (χ4n) is 1.21. The number of nitrogens with two attached hydrogens (primary N) is 1. The summed E-state index contributed by atoms with van der Waals surface area (Å²) in [4.78, 5) is 13.2. The topological polar surface area (TPSA) is 82.2 Å². The number of carbonyl (C=O) groups excluding carboxylic acids is 1. The molecule has 88 valence electrons. The number of rotatable bonds is 7. The van der Waals surface area contributed by atoms with Gasteiger partial charge in [0, 0.05) is 13.1 Å². The highest BCUT2D eigenvalue weighted by molar-refractivity contribution is 5.84. The number of amidine groups is 1. The first-order chi connectivity index (χ1) is 7.11. The van der Waals surface area contributed by atoms with Gasteiger partial charge in [-0.15, -0.1) is 0 Å². The smallest absolute Gasteiger partial charge is 0.317 e. The predicted octanol–water partition coefficient (Wildman–Crippen LogP) is 1.14. The van der Waals surface area contributed by atoms with Gasteiger partial charge in [-0.3, -0.25) is 5.41 Å².